The largest absolute Gasteiger partial charge is 0.497 e. The molecule has 0 spiro atoms. The Labute approximate surface area is 199 Å². The SMILES string of the molecule is COc1ccc(C2OCC3O[C@@H](OC(C)C)C(N=[N+]=[N-])[C@@H](OCC(=O)OC(C)(C)C)[C@@H]3O2)cc1. The van der Waals surface area contributed by atoms with Crippen LogP contribution in [0.4, 0.5) is 0 Å². The molecule has 0 saturated carbocycles. The lowest BCUT2D eigenvalue weighted by Gasteiger charge is -2.48. The normalized spacial score (nSPS) is 29.1. The van der Waals surface area contributed by atoms with Gasteiger partial charge in [0.25, 0.3) is 0 Å². The zero-order valence-corrected chi connectivity index (χ0v) is 20.4. The number of hydrogen-bond donors (Lipinski definition) is 0. The Bertz CT molecular complexity index is 866. The van der Waals surface area contributed by atoms with Gasteiger partial charge in [0.2, 0.25) is 0 Å². The Morgan fingerprint density at radius 2 is 1.94 bits per heavy atom. The van der Waals surface area contributed by atoms with Gasteiger partial charge in [-0.2, -0.15) is 0 Å². The number of nitrogens with zero attached hydrogens (tertiary/aromatic N) is 3. The minimum Gasteiger partial charge on any atom is -0.497 e. The fraction of sp³-hybridized carbons (Fsp3) is 0.696. The smallest absolute Gasteiger partial charge is 0.332 e. The van der Waals surface area contributed by atoms with Gasteiger partial charge in [-0.25, -0.2) is 4.79 Å². The van der Waals surface area contributed by atoms with Gasteiger partial charge in [-0.3, -0.25) is 0 Å². The molecule has 34 heavy (non-hydrogen) atoms. The second kappa shape index (κ2) is 11.4. The molecule has 2 saturated heterocycles. The molecule has 1 aromatic carbocycles. The predicted molar refractivity (Wildman–Crippen MR) is 120 cm³/mol. The molecule has 2 fully saturated rings. The van der Waals surface area contributed by atoms with Crippen LogP contribution < -0.4 is 4.74 Å². The molecule has 6 atom stereocenters. The zero-order valence-electron chi connectivity index (χ0n) is 20.4. The number of carbonyl (C=O) groups excluding carboxylic acids is 1. The molecule has 0 aliphatic carbocycles. The Morgan fingerprint density at radius 3 is 2.53 bits per heavy atom. The highest BCUT2D eigenvalue weighted by Gasteiger charge is 2.51. The van der Waals surface area contributed by atoms with Crippen LogP contribution in [0.5, 0.6) is 5.75 Å². The van der Waals surface area contributed by atoms with Crippen molar-refractivity contribution in [3.63, 3.8) is 0 Å². The number of methoxy groups -OCH3 is 1. The highest BCUT2D eigenvalue weighted by Crippen LogP contribution is 2.37. The molecule has 2 aliphatic heterocycles. The molecule has 0 radical (unpaired) electrons. The third-order valence-electron chi connectivity index (χ3n) is 5.10. The summed E-state index contributed by atoms with van der Waals surface area (Å²) in [5.74, 6) is 0.157. The quantitative estimate of drug-likeness (QED) is 0.239. The van der Waals surface area contributed by atoms with Gasteiger partial charge >= 0.3 is 5.97 Å². The van der Waals surface area contributed by atoms with Gasteiger partial charge in [0, 0.05) is 10.5 Å². The van der Waals surface area contributed by atoms with Crippen LogP contribution >= 0.6 is 0 Å². The predicted octanol–water partition coefficient (Wildman–Crippen LogP) is 3.66. The first kappa shape index (κ1) is 26.2. The van der Waals surface area contributed by atoms with Crippen molar-refractivity contribution in [2.24, 2.45) is 5.11 Å². The van der Waals surface area contributed by atoms with Crippen molar-refractivity contribution in [3.8, 4) is 5.75 Å². The Balaban J connectivity index is 1.83. The lowest BCUT2D eigenvalue weighted by atomic mass is 9.96. The summed E-state index contributed by atoms with van der Waals surface area (Å²) in [5.41, 5.74) is 9.32. The summed E-state index contributed by atoms with van der Waals surface area (Å²) in [6.07, 6.45) is -3.90. The van der Waals surface area contributed by atoms with E-state index in [1.54, 1.807) is 40.0 Å². The average molecular weight is 480 g/mol. The summed E-state index contributed by atoms with van der Waals surface area (Å²) in [6, 6.07) is 6.37. The van der Waals surface area contributed by atoms with Gasteiger partial charge in [0.05, 0.1) is 19.8 Å². The van der Waals surface area contributed by atoms with E-state index in [1.165, 1.54) is 0 Å². The maximum Gasteiger partial charge on any atom is 0.332 e. The lowest BCUT2D eigenvalue weighted by Crippen LogP contribution is -2.62. The molecule has 0 bridgehead atoms. The number of benzene rings is 1. The molecule has 3 unspecified atom stereocenters. The second-order valence-corrected chi connectivity index (χ2v) is 9.32. The summed E-state index contributed by atoms with van der Waals surface area (Å²) < 4.78 is 40.5. The maximum atomic E-state index is 12.3. The summed E-state index contributed by atoms with van der Waals surface area (Å²) in [5, 5.41) is 3.88. The molecule has 2 heterocycles. The third kappa shape index (κ3) is 6.82. The average Bonchev–Trinajstić information content (AvgIpc) is 2.77. The van der Waals surface area contributed by atoms with Crippen molar-refractivity contribution in [1.29, 1.82) is 0 Å². The van der Waals surface area contributed by atoms with Crippen molar-refractivity contribution in [2.75, 3.05) is 20.3 Å². The highest BCUT2D eigenvalue weighted by atomic mass is 16.8. The van der Waals surface area contributed by atoms with E-state index in [4.69, 9.17) is 33.2 Å². The number of hydrogen-bond acceptors (Lipinski definition) is 9. The standard InChI is InChI=1S/C23H33N3O8/c1-13(2)31-22-18(25-26-24)20(29-12-17(27)34-23(3,4)5)19-16(32-22)11-30-21(33-19)14-7-9-15(28-6)10-8-14/h7-10,13,16,18-22H,11-12H2,1-6H3/t16?,18?,19-,20-,21?,22-/m1/s1. The molecule has 1 aromatic rings. The molecule has 0 amide bonds. The number of esters is 1. The van der Waals surface area contributed by atoms with Crippen LogP contribution in [0.1, 0.15) is 46.5 Å². The fourth-order valence-electron chi connectivity index (χ4n) is 3.78. The van der Waals surface area contributed by atoms with E-state index in [9.17, 15) is 10.3 Å². The summed E-state index contributed by atoms with van der Waals surface area (Å²) in [6.45, 7) is 8.83. The highest BCUT2D eigenvalue weighted by molar-refractivity contribution is 5.71. The van der Waals surface area contributed by atoms with Gasteiger partial charge < -0.3 is 33.2 Å². The first-order valence-corrected chi connectivity index (χ1v) is 11.2. The van der Waals surface area contributed by atoms with Crippen LogP contribution in [-0.4, -0.2) is 68.6 Å². The van der Waals surface area contributed by atoms with Gasteiger partial charge in [0.15, 0.2) is 12.6 Å². The number of azide groups is 1. The molecule has 11 heteroatoms. The molecular weight excluding hydrogens is 446 g/mol. The fourth-order valence-corrected chi connectivity index (χ4v) is 3.78. The minimum absolute atomic E-state index is 0.189. The minimum atomic E-state index is -0.898. The molecule has 188 valence electrons. The zero-order chi connectivity index (χ0) is 24.9. The van der Waals surface area contributed by atoms with Crippen molar-refractivity contribution < 1.29 is 38.0 Å². The second-order valence-electron chi connectivity index (χ2n) is 9.32. The van der Waals surface area contributed by atoms with Crippen molar-refractivity contribution >= 4 is 5.97 Å². The van der Waals surface area contributed by atoms with E-state index in [-0.39, 0.29) is 19.3 Å². The number of ether oxygens (including phenoxy) is 7. The first-order chi connectivity index (χ1) is 16.1. The molecule has 2 aliphatic rings. The topological polar surface area (TPSA) is 130 Å². The van der Waals surface area contributed by atoms with E-state index in [0.29, 0.717) is 5.75 Å². The van der Waals surface area contributed by atoms with E-state index in [1.807, 2.05) is 26.0 Å². The Morgan fingerprint density at radius 1 is 1.24 bits per heavy atom. The molecular formula is C23H33N3O8. The van der Waals surface area contributed by atoms with Crippen molar-refractivity contribution in [3.05, 3.63) is 40.3 Å². The van der Waals surface area contributed by atoms with Crippen LogP contribution in [0.25, 0.3) is 10.4 Å². The van der Waals surface area contributed by atoms with Gasteiger partial charge in [-0.1, -0.05) is 17.2 Å². The van der Waals surface area contributed by atoms with Crippen LogP contribution in [0.2, 0.25) is 0 Å². The van der Waals surface area contributed by atoms with Crippen LogP contribution in [-0.2, 0) is 33.2 Å². The van der Waals surface area contributed by atoms with E-state index < -0.39 is 48.5 Å². The van der Waals surface area contributed by atoms with Crippen LogP contribution in [0.3, 0.4) is 0 Å². The molecule has 0 N–H and O–H groups in total. The monoisotopic (exact) mass is 479 g/mol. The van der Waals surface area contributed by atoms with E-state index >= 15 is 0 Å². The third-order valence-corrected chi connectivity index (χ3v) is 5.10. The molecule has 3 rings (SSSR count). The summed E-state index contributed by atoms with van der Waals surface area (Å²) >= 11 is 0. The molecule has 11 nitrogen and oxygen atoms in total. The maximum absolute atomic E-state index is 12.3. The van der Waals surface area contributed by atoms with E-state index in [2.05, 4.69) is 10.0 Å². The van der Waals surface area contributed by atoms with Crippen molar-refractivity contribution in [1.82, 2.24) is 0 Å². The number of fused-ring (bicyclic) bond motifs is 1. The van der Waals surface area contributed by atoms with Gasteiger partial charge in [0.1, 0.15) is 42.3 Å². The van der Waals surface area contributed by atoms with Crippen molar-refractivity contribution in [2.45, 2.75) is 83.3 Å². The van der Waals surface area contributed by atoms with E-state index in [0.717, 1.165) is 5.56 Å². The number of rotatable bonds is 8. The Kier molecular flexibility index (Phi) is 8.75. The van der Waals surface area contributed by atoms with Gasteiger partial charge in [-0.15, -0.1) is 0 Å². The van der Waals surface area contributed by atoms with Gasteiger partial charge in [-0.05, 0) is 52.3 Å². The number of carbonyl (C=O) groups is 1. The summed E-state index contributed by atoms with van der Waals surface area (Å²) in [4.78, 5) is 15.3. The molecule has 0 aromatic heterocycles. The summed E-state index contributed by atoms with van der Waals surface area (Å²) in [7, 11) is 1.59. The van der Waals surface area contributed by atoms with Crippen LogP contribution in [0.15, 0.2) is 29.4 Å². The lowest BCUT2D eigenvalue weighted by molar-refractivity contribution is -0.349. The Hall–Kier alpha value is -2.40. The first-order valence-electron chi connectivity index (χ1n) is 11.2. The van der Waals surface area contributed by atoms with Crippen LogP contribution in [0, 0.1) is 0 Å².